The Labute approximate surface area is 278 Å². The minimum absolute atomic E-state index is 0.0270. The van der Waals surface area contributed by atoms with Crippen molar-refractivity contribution in [3.05, 3.63) is 94.5 Å². The van der Waals surface area contributed by atoms with Crippen LogP contribution in [0, 0.1) is 6.92 Å². The van der Waals surface area contributed by atoms with E-state index in [1.54, 1.807) is 31.4 Å². The number of carbonyl (C=O) groups excluding carboxylic acids is 2. The van der Waals surface area contributed by atoms with Gasteiger partial charge >= 0.3 is 5.97 Å². The van der Waals surface area contributed by atoms with Crippen LogP contribution in [0.2, 0.25) is 5.02 Å². The minimum Gasteiger partial charge on any atom is -0.497 e. The maximum Gasteiger partial charge on any atom is 0.308 e. The number of rotatable bonds is 12. The average molecular weight is 660 g/mol. The lowest BCUT2D eigenvalue weighted by Crippen LogP contribution is -2.24. The van der Waals surface area contributed by atoms with Gasteiger partial charge in [-0.3, -0.25) is 19.1 Å². The quantitative estimate of drug-likeness (QED) is 0.139. The molecule has 0 unspecified atom stereocenters. The number of esters is 1. The van der Waals surface area contributed by atoms with E-state index in [1.807, 2.05) is 74.7 Å². The molecule has 11 nitrogen and oxygen atoms in total. The van der Waals surface area contributed by atoms with E-state index in [1.165, 1.54) is 0 Å². The Bertz CT molecular complexity index is 1750. The predicted molar refractivity (Wildman–Crippen MR) is 179 cm³/mol. The molecule has 0 aliphatic carbocycles. The largest absolute Gasteiger partial charge is 0.497 e. The van der Waals surface area contributed by atoms with Crippen LogP contribution in [0.4, 0.5) is 5.69 Å². The number of hydrogen-bond donors (Lipinski definition) is 1. The average Bonchev–Trinajstić information content (AvgIpc) is 3.35. The number of nitrogens with one attached hydrogen (secondary N) is 1. The van der Waals surface area contributed by atoms with Crippen LogP contribution in [-0.4, -0.2) is 64.9 Å². The van der Waals surface area contributed by atoms with Crippen LogP contribution >= 0.6 is 11.6 Å². The maximum absolute atomic E-state index is 13.4. The zero-order chi connectivity index (χ0) is 33.6. The van der Waals surface area contributed by atoms with Gasteiger partial charge in [0.2, 0.25) is 5.91 Å². The van der Waals surface area contributed by atoms with Crippen LogP contribution in [0.1, 0.15) is 62.4 Å². The van der Waals surface area contributed by atoms with Crippen LogP contribution in [0.15, 0.2) is 71.7 Å². The van der Waals surface area contributed by atoms with Gasteiger partial charge in [-0.25, -0.2) is 0 Å². The SMILES string of the molecule is COc1ccc2c(c1)C(c1ccc(Cl)cc1)=N[C@@H](CC(=O)Nc1ccc(OCCOCCC(=O)OC(C)(C)C)cc1)c1nnc(C)n1-2. The number of carbonyl (C=O) groups is 2. The van der Waals surface area contributed by atoms with Crippen molar-refractivity contribution in [1.29, 1.82) is 0 Å². The number of aryl methyl sites for hydroxylation is 1. The Morgan fingerprint density at radius 1 is 0.936 bits per heavy atom. The number of methoxy groups -OCH3 is 1. The molecule has 246 valence electrons. The van der Waals surface area contributed by atoms with Crippen molar-refractivity contribution in [1.82, 2.24) is 14.8 Å². The zero-order valence-corrected chi connectivity index (χ0v) is 27.8. The highest BCUT2D eigenvalue weighted by Crippen LogP contribution is 2.34. The molecule has 0 saturated heterocycles. The van der Waals surface area contributed by atoms with Crippen LogP contribution in [0.5, 0.6) is 11.5 Å². The molecule has 4 aromatic rings. The Morgan fingerprint density at radius 2 is 1.66 bits per heavy atom. The maximum atomic E-state index is 13.4. The fourth-order valence-corrected chi connectivity index (χ4v) is 5.19. The molecule has 1 aliphatic heterocycles. The van der Waals surface area contributed by atoms with E-state index in [-0.39, 0.29) is 31.3 Å². The van der Waals surface area contributed by atoms with Crippen molar-refractivity contribution in [2.75, 3.05) is 32.2 Å². The van der Waals surface area contributed by atoms with Gasteiger partial charge in [0.1, 0.15) is 35.6 Å². The first-order valence-electron chi connectivity index (χ1n) is 15.3. The molecular weight excluding hydrogens is 622 g/mol. The van der Waals surface area contributed by atoms with Gasteiger partial charge in [0.15, 0.2) is 5.82 Å². The highest BCUT2D eigenvalue weighted by Gasteiger charge is 2.30. The molecule has 0 saturated carbocycles. The summed E-state index contributed by atoms with van der Waals surface area (Å²) in [5.74, 6) is 1.99. The molecule has 0 fully saturated rings. The van der Waals surface area contributed by atoms with Crippen molar-refractivity contribution < 1.29 is 28.5 Å². The molecule has 12 heteroatoms. The summed E-state index contributed by atoms with van der Waals surface area (Å²) in [6.07, 6.45) is 0.208. The molecule has 1 atom stereocenters. The third-order valence-electron chi connectivity index (χ3n) is 7.13. The van der Waals surface area contributed by atoms with Gasteiger partial charge in [-0.05, 0) is 82.3 Å². The molecule has 1 aromatic heterocycles. The second-order valence-electron chi connectivity index (χ2n) is 11.9. The van der Waals surface area contributed by atoms with Crippen LogP contribution < -0.4 is 14.8 Å². The normalized spacial score (nSPS) is 13.9. The number of amides is 1. The number of halogens is 1. The van der Waals surface area contributed by atoms with Crippen molar-refractivity contribution in [3.8, 4) is 17.2 Å². The Morgan fingerprint density at radius 3 is 2.36 bits per heavy atom. The van der Waals surface area contributed by atoms with Gasteiger partial charge in [0.05, 0.1) is 44.6 Å². The molecule has 0 spiro atoms. The van der Waals surface area contributed by atoms with E-state index in [0.29, 0.717) is 52.8 Å². The number of benzene rings is 3. The molecule has 5 rings (SSSR count). The van der Waals surface area contributed by atoms with E-state index < -0.39 is 11.6 Å². The standard InChI is InChI=1S/C35H38ClN5O6/c1-22-39-40-34-29(38-33(23-6-8-24(36)9-7-23)28-20-27(44-5)14-15-30(28)41(22)34)21-31(42)37-25-10-12-26(13-11-25)46-19-18-45-17-16-32(43)47-35(2,3)4/h6-15,20,29H,16-19,21H2,1-5H3,(H,37,42)/t29-/m0/s1. The molecule has 3 aromatic carbocycles. The molecular formula is C35H38ClN5O6. The van der Waals surface area contributed by atoms with Crippen molar-refractivity contribution in [3.63, 3.8) is 0 Å². The molecule has 1 N–H and O–H groups in total. The summed E-state index contributed by atoms with van der Waals surface area (Å²) < 4.78 is 23.9. The van der Waals surface area contributed by atoms with Gasteiger partial charge < -0.3 is 24.3 Å². The number of ether oxygens (including phenoxy) is 4. The molecule has 47 heavy (non-hydrogen) atoms. The summed E-state index contributed by atoms with van der Waals surface area (Å²) in [7, 11) is 1.62. The third-order valence-corrected chi connectivity index (χ3v) is 7.39. The minimum atomic E-state index is -0.627. The topological polar surface area (TPSA) is 126 Å². The zero-order valence-electron chi connectivity index (χ0n) is 27.1. The summed E-state index contributed by atoms with van der Waals surface area (Å²) in [4.78, 5) is 30.3. The van der Waals surface area contributed by atoms with Crippen LogP contribution in [0.3, 0.4) is 0 Å². The third kappa shape index (κ3) is 8.75. The van der Waals surface area contributed by atoms with Crippen molar-refractivity contribution in [2.45, 2.75) is 52.2 Å². The lowest BCUT2D eigenvalue weighted by molar-refractivity contribution is -0.156. The molecule has 2 heterocycles. The first-order chi connectivity index (χ1) is 22.5. The lowest BCUT2D eigenvalue weighted by atomic mass is 10.00. The van der Waals surface area contributed by atoms with E-state index in [2.05, 4.69) is 15.5 Å². The molecule has 0 radical (unpaired) electrons. The highest BCUT2D eigenvalue weighted by molar-refractivity contribution is 6.30. The summed E-state index contributed by atoms with van der Waals surface area (Å²) >= 11 is 6.20. The van der Waals surface area contributed by atoms with E-state index in [0.717, 1.165) is 16.8 Å². The number of fused-ring (bicyclic) bond motifs is 3. The van der Waals surface area contributed by atoms with E-state index >= 15 is 0 Å². The van der Waals surface area contributed by atoms with Crippen LogP contribution in [0.25, 0.3) is 5.69 Å². The van der Waals surface area contributed by atoms with Crippen LogP contribution in [-0.2, 0) is 19.1 Å². The van der Waals surface area contributed by atoms with Crippen molar-refractivity contribution >= 4 is 34.9 Å². The summed E-state index contributed by atoms with van der Waals surface area (Å²) in [5.41, 5.74) is 3.28. The lowest BCUT2D eigenvalue weighted by Gasteiger charge is -2.19. The second kappa shape index (κ2) is 14.8. The monoisotopic (exact) mass is 659 g/mol. The first kappa shape index (κ1) is 33.6. The molecule has 1 amide bonds. The van der Waals surface area contributed by atoms with Gasteiger partial charge in [-0.15, -0.1) is 10.2 Å². The Kier molecular flexibility index (Phi) is 10.6. The number of nitrogens with zero attached hydrogens (tertiary/aromatic N) is 4. The molecule has 0 bridgehead atoms. The number of anilines is 1. The van der Waals surface area contributed by atoms with E-state index in [9.17, 15) is 9.59 Å². The second-order valence-corrected chi connectivity index (χ2v) is 12.3. The van der Waals surface area contributed by atoms with Crippen molar-refractivity contribution in [2.24, 2.45) is 4.99 Å². The fourth-order valence-electron chi connectivity index (χ4n) is 5.07. The Balaban J connectivity index is 1.24. The van der Waals surface area contributed by atoms with Gasteiger partial charge in [-0.1, -0.05) is 23.7 Å². The smallest absolute Gasteiger partial charge is 0.308 e. The van der Waals surface area contributed by atoms with Gasteiger partial charge in [0, 0.05) is 21.8 Å². The highest BCUT2D eigenvalue weighted by atomic mass is 35.5. The Hall–Kier alpha value is -4.74. The predicted octanol–water partition coefficient (Wildman–Crippen LogP) is 6.29. The van der Waals surface area contributed by atoms with E-state index in [4.69, 9.17) is 35.5 Å². The van der Waals surface area contributed by atoms with Gasteiger partial charge in [-0.2, -0.15) is 0 Å². The number of aromatic nitrogens is 3. The fraction of sp³-hybridized carbons (Fsp3) is 0.343. The molecule has 1 aliphatic rings. The first-order valence-corrected chi connectivity index (χ1v) is 15.7. The summed E-state index contributed by atoms with van der Waals surface area (Å²) in [6, 6.07) is 19.6. The number of hydrogen-bond acceptors (Lipinski definition) is 9. The summed E-state index contributed by atoms with van der Waals surface area (Å²) in [6.45, 7) is 8.24. The van der Waals surface area contributed by atoms with Gasteiger partial charge in [0.25, 0.3) is 0 Å². The number of aliphatic imine (C=N–C) groups is 1. The summed E-state index contributed by atoms with van der Waals surface area (Å²) in [5, 5.41) is 12.3.